The van der Waals surface area contributed by atoms with Gasteiger partial charge in [-0.25, -0.2) is 4.79 Å². The fourth-order valence-electron chi connectivity index (χ4n) is 2.14. The van der Waals surface area contributed by atoms with Crippen LogP contribution in [-0.2, 0) is 10.3 Å². The Morgan fingerprint density at radius 3 is 2.38 bits per heavy atom. The number of carboxylic acid groups (broad SMARTS) is 1. The number of hydrogen-bond acceptors (Lipinski definition) is 4. The van der Waals surface area contributed by atoms with Crippen molar-refractivity contribution in [3.05, 3.63) is 35.9 Å². The van der Waals surface area contributed by atoms with Crippen molar-refractivity contribution in [2.45, 2.75) is 32.4 Å². The molecule has 0 amide bonds. The van der Waals surface area contributed by atoms with Crippen LogP contribution in [0.1, 0.15) is 26.3 Å². The Kier molecular flexibility index (Phi) is 7.22. The molecule has 0 radical (unpaired) electrons. The van der Waals surface area contributed by atoms with Crippen LogP contribution in [0, 0.1) is 5.92 Å². The molecule has 1 aromatic rings. The van der Waals surface area contributed by atoms with Gasteiger partial charge in [-0.15, -0.1) is 0 Å². The monoisotopic (exact) mass is 311 g/mol. The molecule has 0 aliphatic heterocycles. The zero-order valence-electron chi connectivity index (χ0n) is 12.9. The number of hydrogen-bond donors (Lipinski definition) is 3. The van der Waals surface area contributed by atoms with Gasteiger partial charge in [-0.2, -0.15) is 11.8 Å². The molecule has 1 aromatic carbocycles. The number of aliphatic carboxylic acids is 1. The first kappa shape index (κ1) is 18.0. The summed E-state index contributed by atoms with van der Waals surface area (Å²) in [5, 5.41) is 22.1. The van der Waals surface area contributed by atoms with Crippen LogP contribution in [0.4, 0.5) is 0 Å². The van der Waals surface area contributed by atoms with E-state index >= 15 is 0 Å². The summed E-state index contributed by atoms with van der Waals surface area (Å²) in [6, 6.07) is 9.34. The van der Waals surface area contributed by atoms with Crippen molar-refractivity contribution in [2.75, 3.05) is 18.1 Å². The van der Waals surface area contributed by atoms with Gasteiger partial charge in [-0.05, 0) is 31.1 Å². The summed E-state index contributed by atoms with van der Waals surface area (Å²) in [6.45, 7) is 5.97. The number of rotatable bonds is 9. The van der Waals surface area contributed by atoms with E-state index in [1.165, 1.54) is 0 Å². The summed E-state index contributed by atoms with van der Waals surface area (Å²) in [4.78, 5) is 12.0. The Hall–Kier alpha value is -1.04. The molecule has 4 nitrogen and oxygen atoms in total. The molecule has 0 heterocycles. The molecule has 5 heteroatoms. The highest BCUT2D eigenvalue weighted by atomic mass is 32.2. The van der Waals surface area contributed by atoms with Crippen LogP contribution in [0.2, 0.25) is 0 Å². The average molecular weight is 311 g/mol. The van der Waals surface area contributed by atoms with E-state index in [0.717, 1.165) is 11.3 Å². The van der Waals surface area contributed by atoms with E-state index in [0.29, 0.717) is 5.75 Å². The van der Waals surface area contributed by atoms with Gasteiger partial charge in [0.15, 0.2) is 5.54 Å². The number of aliphatic hydroxyl groups is 1. The molecule has 21 heavy (non-hydrogen) atoms. The van der Waals surface area contributed by atoms with Crippen molar-refractivity contribution in [3.63, 3.8) is 0 Å². The maximum absolute atomic E-state index is 12.0. The molecule has 2 unspecified atom stereocenters. The molecule has 0 aromatic heterocycles. The lowest BCUT2D eigenvalue weighted by Crippen LogP contribution is -2.54. The molecule has 1 rings (SSSR count). The maximum atomic E-state index is 12.0. The molecular weight excluding hydrogens is 286 g/mol. The third kappa shape index (κ3) is 5.02. The van der Waals surface area contributed by atoms with E-state index in [1.807, 2.05) is 51.1 Å². The lowest BCUT2D eigenvalue weighted by molar-refractivity contribution is -0.144. The summed E-state index contributed by atoms with van der Waals surface area (Å²) in [6.07, 6.45) is 0. The molecule has 0 saturated carbocycles. The zero-order valence-corrected chi connectivity index (χ0v) is 13.7. The Balaban J connectivity index is 2.99. The van der Waals surface area contributed by atoms with Crippen molar-refractivity contribution < 1.29 is 15.0 Å². The van der Waals surface area contributed by atoms with Crippen molar-refractivity contribution >= 4 is 17.7 Å². The summed E-state index contributed by atoms with van der Waals surface area (Å²) < 4.78 is 0. The summed E-state index contributed by atoms with van der Waals surface area (Å²) >= 11 is 1.55. The lowest BCUT2D eigenvalue weighted by atomic mass is 9.91. The highest BCUT2D eigenvalue weighted by Gasteiger charge is 2.40. The first-order valence-electron chi connectivity index (χ1n) is 7.17. The van der Waals surface area contributed by atoms with E-state index in [1.54, 1.807) is 11.8 Å². The number of aliphatic hydroxyl groups excluding tert-OH is 1. The van der Waals surface area contributed by atoms with E-state index in [9.17, 15) is 9.90 Å². The SMILES string of the molecule is CC(CO)CSCC(NC(C)C)(C(=O)O)c1ccccc1. The van der Waals surface area contributed by atoms with Crippen LogP contribution in [0.15, 0.2) is 30.3 Å². The largest absolute Gasteiger partial charge is 0.480 e. The Morgan fingerprint density at radius 2 is 1.90 bits per heavy atom. The molecule has 0 saturated heterocycles. The van der Waals surface area contributed by atoms with Crippen molar-refractivity contribution in [2.24, 2.45) is 5.92 Å². The third-order valence-electron chi connectivity index (χ3n) is 3.20. The van der Waals surface area contributed by atoms with Gasteiger partial charge in [0, 0.05) is 18.4 Å². The molecule has 2 atom stereocenters. The minimum Gasteiger partial charge on any atom is -0.480 e. The maximum Gasteiger partial charge on any atom is 0.329 e. The van der Waals surface area contributed by atoms with Gasteiger partial charge < -0.3 is 10.2 Å². The van der Waals surface area contributed by atoms with Crippen LogP contribution in [0.3, 0.4) is 0 Å². The summed E-state index contributed by atoms with van der Waals surface area (Å²) in [5.41, 5.74) is -0.342. The quantitative estimate of drug-likeness (QED) is 0.653. The second-order valence-corrected chi connectivity index (χ2v) is 6.71. The molecule has 0 spiro atoms. The average Bonchev–Trinajstić information content (AvgIpc) is 2.46. The highest BCUT2D eigenvalue weighted by Crippen LogP contribution is 2.28. The standard InChI is InChI=1S/C16H25NO3S/c1-12(2)17-16(15(19)20,11-21-10-13(3)9-18)14-7-5-4-6-8-14/h4-8,12-13,17-18H,9-11H2,1-3H3,(H,19,20). The minimum absolute atomic E-state index is 0.0529. The van der Waals surface area contributed by atoms with Crippen LogP contribution >= 0.6 is 11.8 Å². The number of carbonyl (C=O) groups is 1. The normalized spacial score (nSPS) is 15.7. The smallest absolute Gasteiger partial charge is 0.329 e. The summed E-state index contributed by atoms with van der Waals surface area (Å²) in [7, 11) is 0. The Morgan fingerprint density at radius 1 is 1.29 bits per heavy atom. The van der Waals surface area contributed by atoms with Crippen molar-refractivity contribution in [1.29, 1.82) is 0 Å². The Labute approximate surface area is 131 Å². The number of nitrogens with one attached hydrogen (secondary N) is 1. The van der Waals surface area contributed by atoms with Gasteiger partial charge in [0.25, 0.3) is 0 Å². The molecular formula is C16H25NO3S. The van der Waals surface area contributed by atoms with Gasteiger partial charge in [0.05, 0.1) is 0 Å². The Bertz CT molecular complexity index is 438. The van der Waals surface area contributed by atoms with Crippen LogP contribution < -0.4 is 5.32 Å². The molecule has 118 valence electrons. The van der Waals surface area contributed by atoms with Gasteiger partial charge in [-0.3, -0.25) is 5.32 Å². The minimum atomic E-state index is -1.10. The fourth-order valence-corrected chi connectivity index (χ4v) is 3.44. The number of carboxylic acids is 1. The molecule has 0 aliphatic rings. The highest BCUT2D eigenvalue weighted by molar-refractivity contribution is 7.99. The second-order valence-electron chi connectivity index (χ2n) is 5.68. The number of thioether (sulfide) groups is 1. The molecule has 0 fully saturated rings. The van der Waals surface area contributed by atoms with E-state index in [4.69, 9.17) is 5.11 Å². The summed E-state index contributed by atoms with van der Waals surface area (Å²) in [5.74, 6) is 0.454. The molecule has 3 N–H and O–H groups in total. The first-order chi connectivity index (χ1) is 9.92. The van der Waals surface area contributed by atoms with Crippen molar-refractivity contribution in [3.8, 4) is 0 Å². The number of benzene rings is 1. The lowest BCUT2D eigenvalue weighted by Gasteiger charge is -2.33. The van der Waals surface area contributed by atoms with Crippen LogP contribution in [-0.4, -0.2) is 40.3 Å². The van der Waals surface area contributed by atoms with Crippen LogP contribution in [0.25, 0.3) is 0 Å². The van der Waals surface area contributed by atoms with Crippen LogP contribution in [0.5, 0.6) is 0 Å². The topological polar surface area (TPSA) is 69.6 Å². The first-order valence-corrected chi connectivity index (χ1v) is 8.33. The second kappa shape index (κ2) is 8.41. The van der Waals surface area contributed by atoms with E-state index in [-0.39, 0.29) is 18.6 Å². The zero-order chi connectivity index (χ0) is 15.9. The van der Waals surface area contributed by atoms with Gasteiger partial charge in [0.2, 0.25) is 0 Å². The van der Waals surface area contributed by atoms with Gasteiger partial charge in [0.1, 0.15) is 0 Å². The predicted molar refractivity (Wildman–Crippen MR) is 87.6 cm³/mol. The van der Waals surface area contributed by atoms with E-state index < -0.39 is 11.5 Å². The third-order valence-corrected chi connectivity index (χ3v) is 4.64. The molecule has 0 bridgehead atoms. The fraction of sp³-hybridized carbons (Fsp3) is 0.562. The van der Waals surface area contributed by atoms with Gasteiger partial charge in [-0.1, -0.05) is 37.3 Å². The van der Waals surface area contributed by atoms with E-state index in [2.05, 4.69) is 5.32 Å². The van der Waals surface area contributed by atoms with Crippen molar-refractivity contribution in [1.82, 2.24) is 5.32 Å². The van der Waals surface area contributed by atoms with Gasteiger partial charge >= 0.3 is 5.97 Å². The predicted octanol–water partition coefficient (Wildman–Crippen LogP) is 2.33. The molecule has 0 aliphatic carbocycles.